The van der Waals surface area contributed by atoms with Crippen molar-refractivity contribution < 1.29 is 4.79 Å². The third-order valence-corrected chi connectivity index (χ3v) is 3.04. The fourth-order valence-electron chi connectivity index (χ4n) is 1.55. The van der Waals surface area contributed by atoms with E-state index in [2.05, 4.69) is 15.5 Å². The molecule has 2 aromatic rings. The Bertz CT molecular complexity index is 580. The second kappa shape index (κ2) is 5.42. The van der Waals surface area contributed by atoms with Gasteiger partial charge in [-0.2, -0.15) is 5.10 Å². The van der Waals surface area contributed by atoms with E-state index < -0.39 is 0 Å². The summed E-state index contributed by atoms with van der Waals surface area (Å²) >= 11 is 11.8. The Kier molecular flexibility index (Phi) is 3.89. The van der Waals surface area contributed by atoms with Gasteiger partial charge in [0, 0.05) is 16.8 Å². The van der Waals surface area contributed by atoms with Gasteiger partial charge in [0.05, 0.1) is 10.7 Å². The number of aromatic amines is 1. The number of nitrogens with one attached hydrogen (secondary N) is 2. The molecule has 18 heavy (non-hydrogen) atoms. The summed E-state index contributed by atoms with van der Waals surface area (Å²) in [7, 11) is 0. The van der Waals surface area contributed by atoms with Crippen LogP contribution in [0.2, 0.25) is 10.0 Å². The van der Waals surface area contributed by atoms with Gasteiger partial charge < -0.3 is 5.32 Å². The molecule has 0 aliphatic carbocycles. The number of rotatable bonds is 3. The summed E-state index contributed by atoms with van der Waals surface area (Å²) in [5.74, 6) is -0.294. The number of aryl methyl sites for hydroxylation is 1. The van der Waals surface area contributed by atoms with Gasteiger partial charge in [-0.15, -0.1) is 0 Å². The summed E-state index contributed by atoms with van der Waals surface area (Å²) in [6, 6.07) is 4.89. The van der Waals surface area contributed by atoms with Gasteiger partial charge in [-0.1, -0.05) is 30.1 Å². The van der Waals surface area contributed by atoms with Crippen molar-refractivity contribution in [2.75, 3.05) is 5.32 Å². The van der Waals surface area contributed by atoms with E-state index in [-0.39, 0.29) is 5.91 Å². The van der Waals surface area contributed by atoms with Crippen molar-refractivity contribution in [3.05, 3.63) is 45.7 Å². The second-order valence-electron chi connectivity index (χ2n) is 3.69. The van der Waals surface area contributed by atoms with Crippen molar-refractivity contribution in [3.63, 3.8) is 0 Å². The maximum Gasteiger partial charge on any atom is 0.276 e. The molecule has 0 aliphatic rings. The predicted molar refractivity (Wildman–Crippen MR) is 72.4 cm³/mol. The van der Waals surface area contributed by atoms with Crippen LogP contribution in [0.1, 0.15) is 23.0 Å². The minimum atomic E-state index is -0.294. The van der Waals surface area contributed by atoms with Crippen molar-refractivity contribution >= 4 is 34.8 Å². The number of carbonyl (C=O) groups is 1. The first-order chi connectivity index (χ1) is 8.61. The van der Waals surface area contributed by atoms with Crippen LogP contribution >= 0.6 is 23.2 Å². The van der Waals surface area contributed by atoms with E-state index in [0.717, 1.165) is 12.0 Å². The monoisotopic (exact) mass is 283 g/mol. The highest BCUT2D eigenvalue weighted by Crippen LogP contribution is 2.25. The second-order valence-corrected chi connectivity index (χ2v) is 4.53. The summed E-state index contributed by atoms with van der Waals surface area (Å²) in [4.78, 5) is 12.0. The highest BCUT2D eigenvalue weighted by molar-refractivity contribution is 6.36. The molecular formula is C12H11Cl2N3O. The first-order valence-electron chi connectivity index (χ1n) is 5.41. The smallest absolute Gasteiger partial charge is 0.276 e. The molecule has 1 aromatic carbocycles. The van der Waals surface area contributed by atoms with E-state index in [4.69, 9.17) is 23.2 Å². The van der Waals surface area contributed by atoms with Gasteiger partial charge in [0.15, 0.2) is 5.69 Å². The first-order valence-corrected chi connectivity index (χ1v) is 6.16. The standard InChI is InChI=1S/C12H11Cl2N3O/c1-2-7-6-15-17-11(7)12(18)16-10-4-3-8(13)5-9(10)14/h3-6H,2H2,1H3,(H,15,17)(H,16,18). The Morgan fingerprint density at radius 3 is 2.89 bits per heavy atom. The lowest BCUT2D eigenvalue weighted by Crippen LogP contribution is -2.14. The molecule has 0 unspecified atom stereocenters. The van der Waals surface area contributed by atoms with E-state index in [1.54, 1.807) is 24.4 Å². The van der Waals surface area contributed by atoms with E-state index in [1.807, 2.05) is 6.92 Å². The number of halogens is 2. The topological polar surface area (TPSA) is 57.8 Å². The molecule has 2 N–H and O–H groups in total. The molecule has 4 nitrogen and oxygen atoms in total. The lowest BCUT2D eigenvalue weighted by atomic mass is 10.2. The lowest BCUT2D eigenvalue weighted by molar-refractivity contribution is 0.102. The summed E-state index contributed by atoms with van der Waals surface area (Å²) in [5.41, 5.74) is 1.75. The molecule has 6 heteroatoms. The third kappa shape index (κ3) is 2.66. The number of nitrogens with zero attached hydrogens (tertiary/aromatic N) is 1. The van der Waals surface area contributed by atoms with Gasteiger partial charge in [-0.05, 0) is 24.6 Å². The highest BCUT2D eigenvalue weighted by atomic mass is 35.5. The Morgan fingerprint density at radius 1 is 1.44 bits per heavy atom. The number of hydrogen-bond donors (Lipinski definition) is 2. The Labute approximate surface area is 114 Å². The van der Waals surface area contributed by atoms with Crippen LogP contribution in [0.3, 0.4) is 0 Å². The number of carbonyl (C=O) groups excluding carboxylic acids is 1. The van der Waals surface area contributed by atoms with Crippen LogP contribution in [0.4, 0.5) is 5.69 Å². The largest absolute Gasteiger partial charge is 0.319 e. The number of H-pyrrole nitrogens is 1. The maximum absolute atomic E-state index is 12.0. The van der Waals surface area contributed by atoms with Gasteiger partial charge in [-0.25, -0.2) is 0 Å². The Balaban J connectivity index is 2.21. The molecule has 0 spiro atoms. The van der Waals surface area contributed by atoms with Crippen molar-refractivity contribution in [2.24, 2.45) is 0 Å². The molecule has 0 saturated heterocycles. The van der Waals surface area contributed by atoms with Crippen molar-refractivity contribution in [3.8, 4) is 0 Å². The van der Waals surface area contributed by atoms with Crippen LogP contribution < -0.4 is 5.32 Å². The zero-order chi connectivity index (χ0) is 13.1. The van der Waals surface area contributed by atoms with Crippen molar-refractivity contribution in [1.29, 1.82) is 0 Å². The number of anilines is 1. The van der Waals surface area contributed by atoms with Gasteiger partial charge >= 0.3 is 0 Å². The van der Waals surface area contributed by atoms with E-state index in [0.29, 0.717) is 21.4 Å². The maximum atomic E-state index is 12.0. The first kappa shape index (κ1) is 12.9. The molecular weight excluding hydrogens is 273 g/mol. The number of amides is 1. The van der Waals surface area contributed by atoms with Gasteiger partial charge in [0.1, 0.15) is 0 Å². The molecule has 0 fully saturated rings. The molecule has 0 radical (unpaired) electrons. The molecule has 1 heterocycles. The lowest BCUT2D eigenvalue weighted by Gasteiger charge is -2.06. The van der Waals surface area contributed by atoms with Crippen LogP contribution in [-0.4, -0.2) is 16.1 Å². The van der Waals surface area contributed by atoms with E-state index in [1.165, 1.54) is 0 Å². The van der Waals surface area contributed by atoms with Crippen LogP contribution in [0.15, 0.2) is 24.4 Å². The molecule has 2 rings (SSSR count). The molecule has 0 atom stereocenters. The average molecular weight is 284 g/mol. The fraction of sp³-hybridized carbons (Fsp3) is 0.167. The predicted octanol–water partition coefficient (Wildman–Crippen LogP) is 3.53. The molecule has 0 aliphatic heterocycles. The number of aromatic nitrogens is 2. The van der Waals surface area contributed by atoms with Crippen LogP contribution in [0.5, 0.6) is 0 Å². The van der Waals surface area contributed by atoms with Crippen molar-refractivity contribution in [2.45, 2.75) is 13.3 Å². The Morgan fingerprint density at radius 2 is 2.22 bits per heavy atom. The highest BCUT2D eigenvalue weighted by Gasteiger charge is 2.14. The minimum absolute atomic E-state index is 0.294. The van der Waals surface area contributed by atoms with Crippen LogP contribution in [0, 0.1) is 0 Å². The normalized spacial score (nSPS) is 10.4. The fourth-order valence-corrected chi connectivity index (χ4v) is 2.01. The van der Waals surface area contributed by atoms with Crippen LogP contribution in [-0.2, 0) is 6.42 Å². The van der Waals surface area contributed by atoms with Gasteiger partial charge in [-0.3, -0.25) is 9.89 Å². The zero-order valence-corrected chi connectivity index (χ0v) is 11.1. The summed E-state index contributed by atoms with van der Waals surface area (Å²) < 4.78 is 0. The molecule has 1 amide bonds. The summed E-state index contributed by atoms with van der Waals surface area (Å²) in [6.07, 6.45) is 2.44. The summed E-state index contributed by atoms with van der Waals surface area (Å²) in [5, 5.41) is 10.2. The SMILES string of the molecule is CCc1c[nH]nc1C(=O)Nc1ccc(Cl)cc1Cl. The number of hydrogen-bond acceptors (Lipinski definition) is 2. The zero-order valence-electron chi connectivity index (χ0n) is 9.63. The molecule has 0 bridgehead atoms. The van der Waals surface area contributed by atoms with Gasteiger partial charge in [0.2, 0.25) is 0 Å². The average Bonchev–Trinajstić information content (AvgIpc) is 2.81. The molecule has 0 saturated carbocycles. The quantitative estimate of drug-likeness (QED) is 0.905. The Hall–Kier alpha value is -1.52. The third-order valence-electron chi connectivity index (χ3n) is 2.49. The minimum Gasteiger partial charge on any atom is -0.319 e. The van der Waals surface area contributed by atoms with E-state index in [9.17, 15) is 4.79 Å². The summed E-state index contributed by atoms with van der Waals surface area (Å²) in [6.45, 7) is 1.96. The molecule has 94 valence electrons. The number of benzene rings is 1. The van der Waals surface area contributed by atoms with E-state index >= 15 is 0 Å². The van der Waals surface area contributed by atoms with Gasteiger partial charge in [0.25, 0.3) is 5.91 Å². The van der Waals surface area contributed by atoms with Crippen molar-refractivity contribution in [1.82, 2.24) is 10.2 Å². The molecule has 1 aromatic heterocycles. The van der Waals surface area contributed by atoms with Crippen LogP contribution in [0.25, 0.3) is 0 Å².